The summed E-state index contributed by atoms with van der Waals surface area (Å²) >= 11 is -2.69. The third-order valence-electron chi connectivity index (χ3n) is 5.21. The maximum absolute atomic E-state index is 12.5. The van der Waals surface area contributed by atoms with E-state index in [1.54, 1.807) is 25.4 Å². The Kier molecular flexibility index (Phi) is 7.66. The number of carbonyl (C=O) groups is 1. The minimum atomic E-state index is -2.69. The van der Waals surface area contributed by atoms with Crippen LogP contribution in [0.1, 0.15) is 30.4 Å². The first kappa shape index (κ1) is 24.2. The van der Waals surface area contributed by atoms with Crippen LogP contribution in [0.2, 0.25) is 0 Å². The van der Waals surface area contributed by atoms with Crippen LogP contribution >= 0.6 is 0 Å². The quantitative estimate of drug-likeness (QED) is 0.399. The number of methoxy groups -OCH3 is 1. The summed E-state index contributed by atoms with van der Waals surface area (Å²) in [4.78, 5) is 24.0. The van der Waals surface area contributed by atoms with Gasteiger partial charge >= 0.3 is 0 Å². The lowest BCUT2D eigenvalue weighted by Crippen LogP contribution is -2.46. The number of nitrogens with two attached hydrogens (primary N) is 1. The van der Waals surface area contributed by atoms with E-state index >= 15 is 0 Å². The Morgan fingerprint density at radius 1 is 1.18 bits per heavy atom. The molecule has 1 amide bonds. The number of carbonyl (C=O) groups excluding carboxylic acids is 1. The van der Waals surface area contributed by atoms with Crippen molar-refractivity contribution >= 4 is 17.0 Å². The van der Waals surface area contributed by atoms with Crippen molar-refractivity contribution in [3.05, 3.63) is 82.2 Å². The summed E-state index contributed by atoms with van der Waals surface area (Å²) in [6.07, 6.45) is 1.46. The number of benzene rings is 1. The number of nitrogens with zero attached hydrogens (tertiary/aromatic N) is 1. The summed E-state index contributed by atoms with van der Waals surface area (Å²) in [6, 6.07) is 14.2. The molecule has 2 N–H and O–H groups in total. The van der Waals surface area contributed by atoms with Gasteiger partial charge in [0, 0.05) is 31.5 Å². The van der Waals surface area contributed by atoms with Gasteiger partial charge in [-0.05, 0) is 71.8 Å². The second-order valence-corrected chi connectivity index (χ2v) is 8.92. The van der Waals surface area contributed by atoms with E-state index in [0.29, 0.717) is 23.7 Å². The molecule has 0 bridgehead atoms. The van der Waals surface area contributed by atoms with Crippen LogP contribution in [-0.2, 0) is 33.8 Å². The molecule has 0 aliphatic carbocycles. The zero-order chi connectivity index (χ0) is 24.0. The molecule has 0 saturated heterocycles. The molecule has 3 rings (SSSR count). The summed E-state index contributed by atoms with van der Waals surface area (Å²) in [5.41, 5.74) is 7.22. The second kappa shape index (κ2) is 10.4. The van der Waals surface area contributed by atoms with Gasteiger partial charge in [-0.25, -0.2) is 0 Å². The van der Waals surface area contributed by atoms with E-state index in [4.69, 9.17) is 14.9 Å². The standard InChI is InChI=1S/C24H24N2O6S/c1-24(23(25)28,33(29)30)12-14-26-13-11-19(15-22(26)27)18-6-3-17(4-7-18)5-8-20-9-10-21(32-20)16-31-2/h3-4,6-7,9-11,13,15H,12,14,16H2,1-2H3,(H2,25,28)(H,29,30)/p-1. The van der Waals surface area contributed by atoms with Gasteiger partial charge in [0.05, 0.1) is 0 Å². The van der Waals surface area contributed by atoms with E-state index in [-0.39, 0.29) is 18.5 Å². The van der Waals surface area contributed by atoms with Crippen molar-refractivity contribution in [1.82, 2.24) is 4.57 Å². The summed E-state index contributed by atoms with van der Waals surface area (Å²) in [7, 11) is 1.59. The van der Waals surface area contributed by atoms with Gasteiger partial charge in [-0.2, -0.15) is 0 Å². The average molecular weight is 468 g/mol. The number of aromatic nitrogens is 1. The van der Waals surface area contributed by atoms with Gasteiger partial charge in [0.25, 0.3) is 5.56 Å². The van der Waals surface area contributed by atoms with E-state index < -0.39 is 21.7 Å². The molecule has 0 saturated carbocycles. The Labute approximate surface area is 193 Å². The van der Waals surface area contributed by atoms with Crippen LogP contribution in [0.25, 0.3) is 11.1 Å². The molecular weight excluding hydrogens is 444 g/mol. The van der Waals surface area contributed by atoms with Crippen LogP contribution in [0.5, 0.6) is 0 Å². The predicted molar refractivity (Wildman–Crippen MR) is 123 cm³/mol. The Hall–Kier alpha value is -3.45. The average Bonchev–Trinajstić information content (AvgIpc) is 3.24. The lowest BCUT2D eigenvalue weighted by molar-refractivity contribution is -0.120. The Bertz CT molecular complexity index is 1270. The molecule has 2 aromatic heterocycles. The fourth-order valence-corrected chi connectivity index (χ4v) is 3.46. The van der Waals surface area contributed by atoms with Crippen LogP contribution in [0.4, 0.5) is 0 Å². The van der Waals surface area contributed by atoms with Gasteiger partial charge in [-0.15, -0.1) is 0 Å². The number of ether oxygens (including phenoxy) is 1. The van der Waals surface area contributed by atoms with E-state index in [0.717, 1.165) is 11.1 Å². The third kappa shape index (κ3) is 5.87. The molecule has 0 fully saturated rings. The first-order valence-corrected chi connectivity index (χ1v) is 11.1. The molecule has 2 unspecified atom stereocenters. The van der Waals surface area contributed by atoms with E-state index in [2.05, 4.69) is 11.8 Å². The minimum absolute atomic E-state index is 0.0416. The lowest BCUT2D eigenvalue weighted by Gasteiger charge is -2.28. The van der Waals surface area contributed by atoms with Gasteiger partial charge in [-0.1, -0.05) is 18.1 Å². The van der Waals surface area contributed by atoms with Crippen molar-refractivity contribution in [2.75, 3.05) is 7.11 Å². The Balaban J connectivity index is 1.71. The molecule has 3 aromatic rings. The molecule has 2 heterocycles. The van der Waals surface area contributed by atoms with Crippen LogP contribution in [0.15, 0.2) is 63.9 Å². The number of pyridine rings is 1. The first-order valence-electron chi connectivity index (χ1n) is 10.0. The zero-order valence-electron chi connectivity index (χ0n) is 18.2. The van der Waals surface area contributed by atoms with E-state index in [9.17, 15) is 18.4 Å². The third-order valence-corrected chi connectivity index (χ3v) is 6.35. The summed E-state index contributed by atoms with van der Waals surface area (Å²) in [5, 5.41) is 0. The number of hydrogen-bond acceptors (Lipinski definition) is 6. The number of aryl methyl sites for hydroxylation is 1. The van der Waals surface area contributed by atoms with Gasteiger partial charge < -0.3 is 24.0 Å². The van der Waals surface area contributed by atoms with Crippen molar-refractivity contribution in [1.29, 1.82) is 0 Å². The first-order chi connectivity index (χ1) is 15.7. The monoisotopic (exact) mass is 467 g/mol. The normalized spacial score (nSPS) is 13.5. The summed E-state index contributed by atoms with van der Waals surface area (Å²) in [5.74, 6) is 6.27. The molecule has 0 radical (unpaired) electrons. The van der Waals surface area contributed by atoms with Crippen LogP contribution in [-0.4, -0.2) is 31.1 Å². The molecule has 9 heteroatoms. The van der Waals surface area contributed by atoms with Crippen molar-refractivity contribution in [3.8, 4) is 23.0 Å². The molecule has 0 aliphatic rings. The summed E-state index contributed by atoms with van der Waals surface area (Å²) in [6.45, 7) is 1.67. The van der Waals surface area contributed by atoms with Gasteiger partial charge in [-0.3, -0.25) is 13.8 Å². The van der Waals surface area contributed by atoms with Crippen LogP contribution < -0.4 is 11.3 Å². The number of rotatable bonds is 8. The number of primary amides is 1. The van der Waals surface area contributed by atoms with E-state index in [1.807, 2.05) is 30.3 Å². The highest BCUT2D eigenvalue weighted by Crippen LogP contribution is 2.20. The van der Waals surface area contributed by atoms with Gasteiger partial charge in [0.2, 0.25) is 5.91 Å². The molecule has 33 heavy (non-hydrogen) atoms. The smallest absolute Gasteiger partial charge is 0.251 e. The van der Waals surface area contributed by atoms with Crippen molar-refractivity contribution in [2.45, 2.75) is 31.2 Å². The minimum Gasteiger partial charge on any atom is -0.772 e. The molecule has 0 aliphatic heterocycles. The van der Waals surface area contributed by atoms with Crippen LogP contribution in [0.3, 0.4) is 0 Å². The van der Waals surface area contributed by atoms with E-state index in [1.165, 1.54) is 17.6 Å². The molecule has 1 aromatic carbocycles. The molecule has 2 atom stereocenters. The SMILES string of the molecule is COCc1ccc(C#Cc2ccc(-c3ccn(CCC(C)(C(N)=O)S(=O)[O-])c(=O)c3)cc2)o1. The highest BCUT2D eigenvalue weighted by atomic mass is 32.2. The predicted octanol–water partition coefficient (Wildman–Crippen LogP) is 2.17. The Morgan fingerprint density at radius 3 is 2.52 bits per heavy atom. The van der Waals surface area contributed by atoms with Crippen LogP contribution in [0, 0.1) is 11.8 Å². The number of hydrogen-bond donors (Lipinski definition) is 1. The highest BCUT2D eigenvalue weighted by molar-refractivity contribution is 7.81. The fraction of sp³-hybridized carbons (Fsp3) is 0.250. The fourth-order valence-electron chi connectivity index (χ4n) is 3.04. The van der Waals surface area contributed by atoms with Crippen molar-refractivity contribution in [3.63, 3.8) is 0 Å². The largest absolute Gasteiger partial charge is 0.772 e. The lowest BCUT2D eigenvalue weighted by atomic mass is 10.0. The number of furan rings is 1. The van der Waals surface area contributed by atoms with Crippen molar-refractivity contribution in [2.24, 2.45) is 5.73 Å². The molecule has 0 spiro atoms. The van der Waals surface area contributed by atoms with Crippen molar-refractivity contribution < 1.29 is 22.7 Å². The second-order valence-electron chi connectivity index (χ2n) is 7.55. The highest BCUT2D eigenvalue weighted by Gasteiger charge is 2.32. The van der Waals surface area contributed by atoms with Gasteiger partial charge in [0.15, 0.2) is 5.76 Å². The summed E-state index contributed by atoms with van der Waals surface area (Å²) < 4.78 is 32.9. The van der Waals surface area contributed by atoms with Gasteiger partial charge in [0.1, 0.15) is 17.1 Å². The maximum Gasteiger partial charge on any atom is 0.251 e. The molecule has 172 valence electrons. The maximum atomic E-state index is 12.5. The Morgan fingerprint density at radius 2 is 1.91 bits per heavy atom. The zero-order valence-corrected chi connectivity index (χ0v) is 19.0. The topological polar surface area (TPSA) is 128 Å². The molecule has 8 nitrogen and oxygen atoms in total. The molecular formula is C24H23N2O6S-. The number of amides is 1.